The van der Waals surface area contributed by atoms with Gasteiger partial charge >= 0.3 is 0 Å². The first kappa shape index (κ1) is 17.6. The average Bonchev–Trinajstić information content (AvgIpc) is 2.37. The van der Waals surface area contributed by atoms with Gasteiger partial charge in [0.2, 0.25) is 10.0 Å². The first-order valence-corrected chi connectivity index (χ1v) is 8.16. The largest absolute Gasteiger partial charge is 0.383 e. The summed E-state index contributed by atoms with van der Waals surface area (Å²) in [6.45, 7) is 6.27. The maximum Gasteiger partial charge on any atom is 0.255 e. The highest BCUT2D eigenvalue weighted by Gasteiger charge is 2.25. The first-order valence-electron chi connectivity index (χ1n) is 6.61. The molecule has 0 bridgehead atoms. The van der Waals surface area contributed by atoms with Crippen molar-refractivity contribution in [2.24, 2.45) is 5.14 Å². The van der Waals surface area contributed by atoms with Gasteiger partial charge in [-0.3, -0.25) is 4.79 Å². The van der Waals surface area contributed by atoms with Gasteiger partial charge in [0.15, 0.2) is 0 Å². The molecule has 0 aromatic heterocycles. The highest BCUT2D eigenvalue weighted by atomic mass is 32.2. The van der Waals surface area contributed by atoms with Gasteiger partial charge in [-0.25, -0.2) is 13.6 Å². The van der Waals surface area contributed by atoms with Crippen LogP contribution in [0.3, 0.4) is 0 Å². The molecule has 1 rings (SSSR count). The molecular weight excluding hydrogens is 292 g/mol. The summed E-state index contributed by atoms with van der Waals surface area (Å²) >= 11 is 0. The number of nitrogens with zero attached hydrogens (tertiary/aromatic N) is 1. The summed E-state index contributed by atoms with van der Waals surface area (Å²) in [5.74, 6) is -0.366. The van der Waals surface area contributed by atoms with Gasteiger partial charge in [-0.15, -0.1) is 0 Å². The number of methoxy groups -OCH3 is 1. The topological polar surface area (TPSA) is 89.7 Å². The Morgan fingerprint density at radius 2 is 2.00 bits per heavy atom. The lowest BCUT2D eigenvalue weighted by Gasteiger charge is -2.27. The number of sulfonamides is 1. The van der Waals surface area contributed by atoms with Crippen LogP contribution in [0, 0.1) is 6.92 Å². The third kappa shape index (κ3) is 4.52. The van der Waals surface area contributed by atoms with E-state index >= 15 is 0 Å². The number of hydrogen-bond acceptors (Lipinski definition) is 4. The van der Waals surface area contributed by atoms with Crippen LogP contribution in [0.4, 0.5) is 0 Å². The van der Waals surface area contributed by atoms with E-state index < -0.39 is 10.0 Å². The van der Waals surface area contributed by atoms with E-state index in [4.69, 9.17) is 9.88 Å². The molecule has 1 aromatic rings. The number of benzene rings is 1. The Kier molecular flexibility index (Phi) is 5.88. The van der Waals surface area contributed by atoms with Gasteiger partial charge in [-0.1, -0.05) is 11.6 Å². The van der Waals surface area contributed by atoms with Crippen molar-refractivity contribution in [2.45, 2.75) is 31.7 Å². The minimum atomic E-state index is -3.95. The van der Waals surface area contributed by atoms with Crippen LogP contribution in [0.15, 0.2) is 23.1 Å². The second kappa shape index (κ2) is 7.02. The fourth-order valence-corrected chi connectivity index (χ4v) is 2.71. The lowest BCUT2D eigenvalue weighted by atomic mass is 10.1. The molecule has 0 spiro atoms. The van der Waals surface area contributed by atoms with Crippen molar-refractivity contribution >= 4 is 15.9 Å². The first-order chi connectivity index (χ1) is 9.68. The SMILES string of the molecule is COCCN(C(=O)c1cc(C)ccc1S(N)(=O)=O)C(C)C. The molecule has 21 heavy (non-hydrogen) atoms. The van der Waals surface area contributed by atoms with Crippen molar-refractivity contribution in [3.05, 3.63) is 29.3 Å². The molecule has 0 saturated heterocycles. The van der Waals surface area contributed by atoms with Crippen molar-refractivity contribution in [2.75, 3.05) is 20.3 Å². The van der Waals surface area contributed by atoms with Crippen LogP contribution in [0.2, 0.25) is 0 Å². The van der Waals surface area contributed by atoms with Gasteiger partial charge in [0.1, 0.15) is 0 Å². The fraction of sp³-hybridized carbons (Fsp3) is 0.500. The summed E-state index contributed by atoms with van der Waals surface area (Å²) < 4.78 is 28.3. The van der Waals surface area contributed by atoms with E-state index in [1.807, 2.05) is 13.8 Å². The van der Waals surface area contributed by atoms with Crippen LogP contribution in [0.1, 0.15) is 29.8 Å². The van der Waals surface area contributed by atoms with Gasteiger partial charge in [-0.2, -0.15) is 0 Å². The molecule has 0 heterocycles. The molecule has 0 aliphatic carbocycles. The van der Waals surface area contributed by atoms with Gasteiger partial charge < -0.3 is 9.64 Å². The Morgan fingerprint density at radius 1 is 1.38 bits per heavy atom. The van der Waals surface area contributed by atoms with E-state index in [1.165, 1.54) is 6.07 Å². The van der Waals surface area contributed by atoms with E-state index in [9.17, 15) is 13.2 Å². The van der Waals surface area contributed by atoms with Gasteiger partial charge in [0.25, 0.3) is 5.91 Å². The van der Waals surface area contributed by atoms with Crippen molar-refractivity contribution in [1.29, 1.82) is 0 Å². The molecule has 6 nitrogen and oxygen atoms in total. The molecule has 2 N–H and O–H groups in total. The van der Waals surface area contributed by atoms with Crippen LogP contribution in [0.25, 0.3) is 0 Å². The Balaban J connectivity index is 3.30. The molecule has 0 fully saturated rings. The second-order valence-electron chi connectivity index (χ2n) is 5.13. The van der Waals surface area contributed by atoms with Crippen LogP contribution >= 0.6 is 0 Å². The Labute approximate surface area is 125 Å². The van der Waals surface area contributed by atoms with E-state index in [2.05, 4.69) is 0 Å². The number of hydrogen-bond donors (Lipinski definition) is 1. The number of ether oxygens (including phenoxy) is 1. The predicted molar refractivity (Wildman–Crippen MR) is 80.6 cm³/mol. The minimum absolute atomic E-state index is 0.0820. The average molecular weight is 314 g/mol. The molecule has 0 unspecified atom stereocenters. The summed E-state index contributed by atoms with van der Waals surface area (Å²) in [5.41, 5.74) is 0.892. The quantitative estimate of drug-likeness (QED) is 0.852. The molecule has 0 radical (unpaired) electrons. The number of amides is 1. The Bertz CT molecular complexity index is 611. The van der Waals surface area contributed by atoms with Crippen LogP contribution in [-0.2, 0) is 14.8 Å². The minimum Gasteiger partial charge on any atom is -0.383 e. The smallest absolute Gasteiger partial charge is 0.255 e. The lowest BCUT2D eigenvalue weighted by molar-refractivity contribution is 0.0631. The lowest BCUT2D eigenvalue weighted by Crippen LogP contribution is -2.40. The second-order valence-corrected chi connectivity index (χ2v) is 6.66. The molecule has 118 valence electrons. The van der Waals surface area contributed by atoms with E-state index in [-0.39, 0.29) is 22.4 Å². The molecular formula is C14H22N2O4S. The Morgan fingerprint density at radius 3 is 2.48 bits per heavy atom. The van der Waals surface area contributed by atoms with Crippen molar-refractivity contribution < 1.29 is 17.9 Å². The number of carbonyl (C=O) groups is 1. The van der Waals surface area contributed by atoms with Crippen molar-refractivity contribution in [1.82, 2.24) is 4.90 Å². The molecule has 0 saturated carbocycles. The summed E-state index contributed by atoms with van der Waals surface area (Å²) in [6, 6.07) is 4.45. The molecule has 0 atom stereocenters. The van der Waals surface area contributed by atoms with E-state index in [1.54, 1.807) is 31.1 Å². The van der Waals surface area contributed by atoms with Gasteiger partial charge in [0.05, 0.1) is 17.1 Å². The summed E-state index contributed by atoms with van der Waals surface area (Å²) in [7, 11) is -2.41. The van der Waals surface area contributed by atoms with Crippen LogP contribution in [0.5, 0.6) is 0 Å². The fourth-order valence-electron chi connectivity index (χ4n) is 2.00. The summed E-state index contributed by atoms with van der Waals surface area (Å²) in [5, 5.41) is 5.20. The highest BCUT2D eigenvalue weighted by Crippen LogP contribution is 2.19. The number of aryl methyl sites for hydroxylation is 1. The molecule has 7 heteroatoms. The standard InChI is InChI=1S/C14H22N2O4S/c1-10(2)16(7-8-20-4)14(17)12-9-11(3)5-6-13(12)21(15,18)19/h5-6,9-10H,7-8H2,1-4H3,(H2,15,18,19). The molecule has 1 amide bonds. The van der Waals surface area contributed by atoms with Crippen molar-refractivity contribution in [3.8, 4) is 0 Å². The molecule has 0 aliphatic rings. The monoisotopic (exact) mass is 314 g/mol. The zero-order valence-electron chi connectivity index (χ0n) is 12.8. The maximum absolute atomic E-state index is 12.7. The number of rotatable bonds is 6. The normalized spacial score (nSPS) is 11.7. The zero-order chi connectivity index (χ0) is 16.2. The zero-order valence-corrected chi connectivity index (χ0v) is 13.6. The van der Waals surface area contributed by atoms with Gasteiger partial charge in [0, 0.05) is 19.7 Å². The third-order valence-corrected chi connectivity index (χ3v) is 4.06. The summed E-state index contributed by atoms with van der Waals surface area (Å²) in [4.78, 5) is 14.1. The van der Waals surface area contributed by atoms with E-state index in [0.29, 0.717) is 13.2 Å². The highest BCUT2D eigenvalue weighted by molar-refractivity contribution is 7.89. The maximum atomic E-state index is 12.7. The summed E-state index contributed by atoms with van der Waals surface area (Å²) in [6.07, 6.45) is 0. The van der Waals surface area contributed by atoms with Crippen LogP contribution in [-0.4, -0.2) is 45.5 Å². The third-order valence-electron chi connectivity index (χ3n) is 3.09. The van der Waals surface area contributed by atoms with Crippen molar-refractivity contribution in [3.63, 3.8) is 0 Å². The predicted octanol–water partition coefficient (Wildman–Crippen LogP) is 1.14. The number of carbonyl (C=O) groups excluding carboxylic acids is 1. The van der Waals surface area contributed by atoms with Gasteiger partial charge in [-0.05, 0) is 32.9 Å². The molecule has 0 aliphatic heterocycles. The van der Waals surface area contributed by atoms with Crippen LogP contribution < -0.4 is 5.14 Å². The Hall–Kier alpha value is -1.44. The number of nitrogens with two attached hydrogens (primary N) is 1. The molecule has 1 aromatic carbocycles. The number of primary sulfonamides is 1. The van der Waals surface area contributed by atoms with E-state index in [0.717, 1.165) is 5.56 Å².